The van der Waals surface area contributed by atoms with Crippen LogP contribution in [0.3, 0.4) is 0 Å². The molecular weight excluding hydrogens is 428 g/mol. The number of fused-ring (bicyclic) bond motifs is 2. The molecule has 4 aromatic carbocycles. The molecule has 3 atom stereocenters. The van der Waals surface area contributed by atoms with Crippen LogP contribution in [0.5, 0.6) is 5.75 Å². The molecule has 168 valence electrons. The molecule has 3 unspecified atom stereocenters. The van der Waals surface area contributed by atoms with Crippen LogP contribution in [0.1, 0.15) is 11.6 Å². The minimum absolute atomic E-state index is 0.266. The molecule has 2 amide bonds. The molecule has 2 saturated heterocycles. The van der Waals surface area contributed by atoms with Gasteiger partial charge in [-0.05, 0) is 41.3 Å². The predicted octanol–water partition coefficient (Wildman–Crippen LogP) is 4.90. The van der Waals surface area contributed by atoms with E-state index in [1.54, 1.807) is 12.2 Å². The summed E-state index contributed by atoms with van der Waals surface area (Å²) in [4.78, 5) is 35.1. The lowest BCUT2D eigenvalue weighted by molar-refractivity contribution is -0.126. The zero-order valence-electron chi connectivity index (χ0n) is 18.5. The Balaban J connectivity index is 1.47. The molecule has 2 fully saturated rings. The van der Waals surface area contributed by atoms with E-state index in [1.807, 2.05) is 97.1 Å². The molecule has 2 aliphatic heterocycles. The zero-order chi connectivity index (χ0) is 23.2. The van der Waals surface area contributed by atoms with E-state index in [1.165, 1.54) is 4.90 Å². The van der Waals surface area contributed by atoms with Gasteiger partial charge < -0.3 is 4.74 Å². The average molecular weight is 450 g/mol. The summed E-state index contributed by atoms with van der Waals surface area (Å²) in [6.07, 6.45) is -0.914. The molecule has 0 bridgehead atoms. The van der Waals surface area contributed by atoms with Crippen molar-refractivity contribution < 1.29 is 19.2 Å². The summed E-state index contributed by atoms with van der Waals surface area (Å²) in [6.45, 7) is 0. The highest BCUT2D eigenvalue weighted by Gasteiger charge is 2.60. The van der Waals surface area contributed by atoms with Crippen LogP contribution in [0.25, 0.3) is 10.8 Å². The van der Waals surface area contributed by atoms with Crippen molar-refractivity contribution in [2.45, 2.75) is 12.1 Å². The van der Waals surface area contributed by atoms with Gasteiger partial charge in [-0.15, -0.1) is 0 Å². The second-order valence-corrected chi connectivity index (χ2v) is 8.44. The second-order valence-electron chi connectivity index (χ2n) is 8.44. The number of ether oxygens (including phenoxy) is 1. The number of rotatable bonds is 4. The Morgan fingerprint density at radius 1 is 0.794 bits per heavy atom. The van der Waals surface area contributed by atoms with Crippen LogP contribution in [-0.2, 0) is 14.4 Å². The van der Waals surface area contributed by atoms with Crippen molar-refractivity contribution >= 4 is 34.0 Å². The number of hydrogen-bond acceptors (Lipinski definition) is 5. The van der Waals surface area contributed by atoms with Crippen LogP contribution in [0.2, 0.25) is 0 Å². The SMILES string of the molecule is COc1cccc(C2C3C(=O)N(c4cccc5ccccc45)C(=O)C3ON2c2ccccc2)c1. The molecule has 6 heteroatoms. The van der Waals surface area contributed by atoms with Crippen LogP contribution in [0.15, 0.2) is 97.1 Å². The summed E-state index contributed by atoms with van der Waals surface area (Å²) in [5, 5.41) is 3.51. The number of benzene rings is 4. The first kappa shape index (κ1) is 20.4. The summed E-state index contributed by atoms with van der Waals surface area (Å²) in [5.41, 5.74) is 2.21. The summed E-state index contributed by atoms with van der Waals surface area (Å²) < 4.78 is 5.43. The first-order chi connectivity index (χ1) is 16.7. The van der Waals surface area contributed by atoms with Gasteiger partial charge in [0.05, 0.1) is 24.5 Å². The highest BCUT2D eigenvalue weighted by Crippen LogP contribution is 2.48. The molecule has 0 N–H and O–H groups in total. The van der Waals surface area contributed by atoms with Crippen LogP contribution in [0, 0.1) is 5.92 Å². The van der Waals surface area contributed by atoms with Crippen molar-refractivity contribution in [1.82, 2.24) is 0 Å². The van der Waals surface area contributed by atoms with E-state index in [0.29, 0.717) is 11.4 Å². The Kier molecular flexibility index (Phi) is 4.81. The van der Waals surface area contributed by atoms with Crippen LogP contribution < -0.4 is 14.7 Å². The van der Waals surface area contributed by atoms with Gasteiger partial charge in [0.1, 0.15) is 11.7 Å². The summed E-state index contributed by atoms with van der Waals surface area (Å²) in [7, 11) is 1.61. The number of carbonyl (C=O) groups is 2. The van der Waals surface area contributed by atoms with Crippen molar-refractivity contribution in [3.8, 4) is 5.75 Å². The summed E-state index contributed by atoms with van der Waals surface area (Å²) >= 11 is 0. The normalized spacial score (nSPS) is 21.9. The van der Waals surface area contributed by atoms with E-state index in [0.717, 1.165) is 22.0 Å². The van der Waals surface area contributed by atoms with Gasteiger partial charge in [0.2, 0.25) is 5.91 Å². The van der Waals surface area contributed by atoms with Gasteiger partial charge in [-0.1, -0.05) is 66.7 Å². The van der Waals surface area contributed by atoms with E-state index < -0.39 is 18.1 Å². The highest BCUT2D eigenvalue weighted by molar-refractivity contribution is 6.26. The van der Waals surface area contributed by atoms with Crippen LogP contribution in [0.4, 0.5) is 11.4 Å². The quantitative estimate of drug-likeness (QED) is 0.414. The fraction of sp³-hybridized carbons (Fsp3) is 0.143. The Hall–Kier alpha value is -4.16. The van der Waals surface area contributed by atoms with E-state index in [9.17, 15) is 9.59 Å². The van der Waals surface area contributed by atoms with E-state index in [2.05, 4.69) is 0 Å². The minimum Gasteiger partial charge on any atom is -0.497 e. The second kappa shape index (κ2) is 8.01. The third kappa shape index (κ3) is 3.07. The molecule has 6 nitrogen and oxygen atoms in total. The number of hydroxylamine groups is 1. The molecule has 0 aromatic heterocycles. The number of nitrogens with zero attached hydrogens (tertiary/aromatic N) is 2. The van der Waals surface area contributed by atoms with Crippen molar-refractivity contribution in [3.05, 3.63) is 103 Å². The molecule has 0 radical (unpaired) electrons. The fourth-order valence-electron chi connectivity index (χ4n) is 5.02. The lowest BCUT2D eigenvalue weighted by Crippen LogP contribution is -2.37. The summed E-state index contributed by atoms with van der Waals surface area (Å²) in [5.74, 6) is -0.634. The summed E-state index contributed by atoms with van der Waals surface area (Å²) in [6, 6.07) is 30.0. The topological polar surface area (TPSA) is 59.1 Å². The van der Waals surface area contributed by atoms with Gasteiger partial charge >= 0.3 is 0 Å². The van der Waals surface area contributed by atoms with E-state index in [-0.39, 0.29) is 11.8 Å². The number of imide groups is 1. The first-order valence-corrected chi connectivity index (χ1v) is 11.2. The number of carbonyl (C=O) groups excluding carboxylic acids is 2. The van der Waals surface area contributed by atoms with Crippen molar-refractivity contribution in [3.63, 3.8) is 0 Å². The number of hydrogen-bond donors (Lipinski definition) is 0. The molecule has 34 heavy (non-hydrogen) atoms. The van der Waals surface area contributed by atoms with Crippen LogP contribution >= 0.6 is 0 Å². The monoisotopic (exact) mass is 450 g/mol. The smallest absolute Gasteiger partial charge is 0.266 e. The van der Waals surface area contributed by atoms with Gasteiger partial charge in [0.25, 0.3) is 5.91 Å². The predicted molar refractivity (Wildman–Crippen MR) is 129 cm³/mol. The zero-order valence-corrected chi connectivity index (χ0v) is 18.5. The molecule has 0 aliphatic carbocycles. The Morgan fingerprint density at radius 2 is 1.53 bits per heavy atom. The highest BCUT2D eigenvalue weighted by atomic mass is 16.7. The Labute approximate surface area is 196 Å². The van der Waals surface area contributed by atoms with Crippen molar-refractivity contribution in [2.24, 2.45) is 5.92 Å². The average Bonchev–Trinajstić information content (AvgIpc) is 3.40. The van der Waals surface area contributed by atoms with Gasteiger partial charge in [-0.2, -0.15) is 0 Å². The molecule has 2 heterocycles. The van der Waals surface area contributed by atoms with E-state index >= 15 is 0 Å². The number of methoxy groups -OCH3 is 1. The minimum atomic E-state index is -0.914. The number of amides is 2. The third-order valence-electron chi connectivity index (χ3n) is 6.57. The number of para-hydroxylation sites is 1. The van der Waals surface area contributed by atoms with Gasteiger partial charge in [0, 0.05) is 5.39 Å². The van der Waals surface area contributed by atoms with E-state index in [4.69, 9.17) is 9.57 Å². The fourth-order valence-corrected chi connectivity index (χ4v) is 5.02. The maximum absolute atomic E-state index is 13.9. The molecule has 0 spiro atoms. The number of anilines is 2. The Bertz CT molecular complexity index is 1400. The Morgan fingerprint density at radius 3 is 2.35 bits per heavy atom. The largest absolute Gasteiger partial charge is 0.497 e. The van der Waals surface area contributed by atoms with Gasteiger partial charge in [-0.3, -0.25) is 14.4 Å². The lowest BCUT2D eigenvalue weighted by atomic mass is 9.90. The van der Waals surface area contributed by atoms with Gasteiger partial charge in [-0.25, -0.2) is 9.96 Å². The van der Waals surface area contributed by atoms with Gasteiger partial charge in [0.15, 0.2) is 6.10 Å². The maximum Gasteiger partial charge on any atom is 0.266 e. The molecule has 0 saturated carbocycles. The first-order valence-electron chi connectivity index (χ1n) is 11.2. The third-order valence-corrected chi connectivity index (χ3v) is 6.57. The maximum atomic E-state index is 13.9. The molecular formula is C28H22N2O4. The van der Waals surface area contributed by atoms with Crippen molar-refractivity contribution in [1.29, 1.82) is 0 Å². The van der Waals surface area contributed by atoms with Crippen molar-refractivity contribution in [2.75, 3.05) is 17.1 Å². The molecule has 6 rings (SSSR count). The standard InChI is InChI=1S/C28H22N2O4/c1-33-21-14-7-11-19(17-21)25-24-26(34-30(25)20-12-3-2-4-13-20)28(32)29(27(24)31)23-16-8-10-18-9-5-6-15-22(18)23/h2-17,24-26H,1H3. The lowest BCUT2D eigenvalue weighted by Gasteiger charge is -2.29. The molecule has 4 aromatic rings. The van der Waals surface area contributed by atoms with Crippen LogP contribution in [-0.4, -0.2) is 25.0 Å². The molecule has 2 aliphatic rings.